The molecule has 1 aliphatic heterocycles. The SMILES string of the molecule is CCC(=O)N1CCc2cc(Br)c(S(N)(=O)=O)cc21. The van der Waals surface area contributed by atoms with Crippen LogP contribution in [0, 0.1) is 0 Å². The second kappa shape index (κ2) is 4.64. The summed E-state index contributed by atoms with van der Waals surface area (Å²) in [6.45, 7) is 2.36. The fourth-order valence-corrected chi connectivity index (χ4v) is 3.73. The first-order chi connectivity index (χ1) is 8.34. The molecule has 0 radical (unpaired) electrons. The van der Waals surface area contributed by atoms with Crippen LogP contribution < -0.4 is 10.0 Å². The smallest absolute Gasteiger partial charge is 0.239 e. The standard InChI is InChI=1S/C11H13BrN2O3S/c1-2-11(15)14-4-3-7-5-8(12)10(6-9(7)14)18(13,16)17/h5-6H,2-4H2,1H3,(H2,13,16,17). The molecular formula is C11H13BrN2O3S. The molecule has 0 bridgehead atoms. The molecule has 7 heteroatoms. The van der Waals surface area contributed by atoms with E-state index in [2.05, 4.69) is 15.9 Å². The van der Waals surface area contributed by atoms with Gasteiger partial charge in [-0.25, -0.2) is 13.6 Å². The van der Waals surface area contributed by atoms with Crippen LogP contribution in [0.5, 0.6) is 0 Å². The Morgan fingerprint density at radius 1 is 1.50 bits per heavy atom. The Labute approximate surface area is 114 Å². The molecule has 5 nitrogen and oxygen atoms in total. The van der Waals surface area contributed by atoms with Crippen LogP contribution in [0.15, 0.2) is 21.5 Å². The van der Waals surface area contributed by atoms with Gasteiger partial charge in [0.05, 0.1) is 4.90 Å². The fraction of sp³-hybridized carbons (Fsp3) is 0.364. The molecule has 0 spiro atoms. The number of nitrogens with two attached hydrogens (primary N) is 1. The fourth-order valence-electron chi connectivity index (χ4n) is 2.06. The van der Waals surface area contributed by atoms with Crippen LogP contribution in [0.3, 0.4) is 0 Å². The number of amides is 1. The lowest BCUT2D eigenvalue weighted by molar-refractivity contribution is -0.118. The van der Waals surface area contributed by atoms with E-state index in [-0.39, 0.29) is 10.8 Å². The summed E-state index contributed by atoms with van der Waals surface area (Å²) >= 11 is 3.20. The summed E-state index contributed by atoms with van der Waals surface area (Å²) in [5.74, 6) is -0.0172. The molecule has 0 atom stereocenters. The average molecular weight is 333 g/mol. The molecule has 0 aliphatic carbocycles. The van der Waals surface area contributed by atoms with Crippen LogP contribution in [0.25, 0.3) is 0 Å². The second-order valence-corrected chi connectivity index (χ2v) is 6.49. The molecule has 1 aliphatic rings. The van der Waals surface area contributed by atoms with Crippen molar-refractivity contribution in [2.75, 3.05) is 11.4 Å². The lowest BCUT2D eigenvalue weighted by Crippen LogP contribution is -2.28. The Morgan fingerprint density at radius 3 is 2.72 bits per heavy atom. The van der Waals surface area contributed by atoms with E-state index in [9.17, 15) is 13.2 Å². The minimum atomic E-state index is -3.80. The molecule has 18 heavy (non-hydrogen) atoms. The zero-order valence-corrected chi connectivity index (χ0v) is 12.2. The molecule has 2 N–H and O–H groups in total. The summed E-state index contributed by atoms with van der Waals surface area (Å²) < 4.78 is 23.3. The lowest BCUT2D eigenvalue weighted by atomic mass is 10.2. The first-order valence-electron chi connectivity index (χ1n) is 5.50. The van der Waals surface area contributed by atoms with E-state index < -0.39 is 10.0 Å². The van der Waals surface area contributed by atoms with Gasteiger partial charge in [-0.1, -0.05) is 6.92 Å². The number of anilines is 1. The Hall–Kier alpha value is -0.920. The van der Waals surface area contributed by atoms with Crippen molar-refractivity contribution < 1.29 is 13.2 Å². The summed E-state index contributed by atoms with van der Waals surface area (Å²) in [7, 11) is -3.80. The predicted octanol–water partition coefficient (Wildman–Crippen LogP) is 1.40. The number of halogens is 1. The second-order valence-electron chi connectivity index (χ2n) is 4.11. The highest BCUT2D eigenvalue weighted by atomic mass is 79.9. The van der Waals surface area contributed by atoms with Gasteiger partial charge in [-0.2, -0.15) is 0 Å². The Bertz CT molecular complexity index is 613. The summed E-state index contributed by atoms with van der Waals surface area (Å²) in [4.78, 5) is 13.4. The van der Waals surface area contributed by atoms with Crippen molar-refractivity contribution in [3.63, 3.8) is 0 Å². The third-order valence-electron chi connectivity index (χ3n) is 2.94. The van der Waals surface area contributed by atoms with Gasteiger partial charge in [0.1, 0.15) is 0 Å². The Kier molecular flexibility index (Phi) is 3.48. The molecule has 1 heterocycles. The highest BCUT2D eigenvalue weighted by molar-refractivity contribution is 9.10. The lowest BCUT2D eigenvalue weighted by Gasteiger charge is -2.17. The number of carbonyl (C=O) groups is 1. The summed E-state index contributed by atoms with van der Waals surface area (Å²) in [6.07, 6.45) is 1.12. The van der Waals surface area contributed by atoms with Gasteiger partial charge in [-0.15, -0.1) is 0 Å². The van der Waals surface area contributed by atoms with Crippen molar-refractivity contribution in [2.45, 2.75) is 24.7 Å². The van der Waals surface area contributed by atoms with Crippen molar-refractivity contribution in [1.29, 1.82) is 0 Å². The van der Waals surface area contributed by atoms with Gasteiger partial charge in [-0.05, 0) is 40.0 Å². The minimum absolute atomic E-state index is 0.0112. The highest BCUT2D eigenvalue weighted by Gasteiger charge is 2.26. The Balaban J connectivity index is 2.57. The molecule has 98 valence electrons. The molecule has 1 aromatic carbocycles. The average Bonchev–Trinajstić information content (AvgIpc) is 2.68. The molecular weight excluding hydrogens is 320 g/mol. The summed E-state index contributed by atoms with van der Waals surface area (Å²) in [5, 5.41) is 5.14. The quantitative estimate of drug-likeness (QED) is 0.888. The number of primary sulfonamides is 1. The van der Waals surface area contributed by atoms with E-state index in [0.29, 0.717) is 23.1 Å². The molecule has 0 fully saturated rings. The summed E-state index contributed by atoms with van der Waals surface area (Å²) in [6, 6.07) is 3.19. The molecule has 2 rings (SSSR count). The van der Waals surface area contributed by atoms with Crippen molar-refractivity contribution in [1.82, 2.24) is 0 Å². The van der Waals surface area contributed by atoms with Crippen LogP contribution in [0.1, 0.15) is 18.9 Å². The Morgan fingerprint density at radius 2 is 2.17 bits per heavy atom. The van der Waals surface area contributed by atoms with Gasteiger partial charge < -0.3 is 4.90 Å². The normalized spacial score (nSPS) is 14.7. The predicted molar refractivity (Wildman–Crippen MR) is 71.9 cm³/mol. The number of rotatable bonds is 2. The third kappa shape index (κ3) is 2.30. The van der Waals surface area contributed by atoms with Gasteiger partial charge in [-0.3, -0.25) is 4.79 Å². The maximum Gasteiger partial charge on any atom is 0.239 e. The van der Waals surface area contributed by atoms with Crippen LogP contribution >= 0.6 is 15.9 Å². The maximum atomic E-state index is 11.8. The zero-order chi connectivity index (χ0) is 13.5. The van der Waals surface area contributed by atoms with E-state index in [0.717, 1.165) is 12.0 Å². The van der Waals surface area contributed by atoms with E-state index in [1.54, 1.807) is 17.9 Å². The van der Waals surface area contributed by atoms with E-state index >= 15 is 0 Å². The number of sulfonamides is 1. The molecule has 1 aromatic rings. The minimum Gasteiger partial charge on any atom is -0.312 e. The zero-order valence-electron chi connectivity index (χ0n) is 9.81. The monoisotopic (exact) mass is 332 g/mol. The molecule has 1 amide bonds. The first-order valence-corrected chi connectivity index (χ1v) is 7.84. The molecule has 0 unspecified atom stereocenters. The van der Waals surface area contributed by atoms with Crippen molar-refractivity contribution in [3.8, 4) is 0 Å². The number of benzene rings is 1. The topological polar surface area (TPSA) is 80.5 Å². The number of hydrogen-bond donors (Lipinski definition) is 1. The van der Waals surface area contributed by atoms with Crippen molar-refractivity contribution in [3.05, 3.63) is 22.2 Å². The van der Waals surface area contributed by atoms with E-state index in [1.165, 1.54) is 6.07 Å². The third-order valence-corrected chi connectivity index (χ3v) is 4.81. The number of hydrogen-bond acceptors (Lipinski definition) is 3. The van der Waals surface area contributed by atoms with Crippen LogP contribution in [-0.2, 0) is 21.2 Å². The van der Waals surface area contributed by atoms with Gasteiger partial charge in [0.15, 0.2) is 0 Å². The molecule has 0 saturated carbocycles. The van der Waals surface area contributed by atoms with E-state index in [1.807, 2.05) is 0 Å². The van der Waals surface area contributed by atoms with Crippen LogP contribution in [0.4, 0.5) is 5.69 Å². The van der Waals surface area contributed by atoms with Gasteiger partial charge in [0, 0.05) is 23.1 Å². The first kappa shape index (κ1) is 13.5. The van der Waals surface area contributed by atoms with Crippen LogP contribution in [-0.4, -0.2) is 20.9 Å². The number of fused-ring (bicyclic) bond motifs is 1. The molecule has 0 saturated heterocycles. The maximum absolute atomic E-state index is 11.8. The summed E-state index contributed by atoms with van der Waals surface area (Å²) in [5.41, 5.74) is 1.60. The highest BCUT2D eigenvalue weighted by Crippen LogP contribution is 2.35. The number of carbonyl (C=O) groups excluding carboxylic acids is 1. The number of nitrogens with zero attached hydrogens (tertiary/aromatic N) is 1. The van der Waals surface area contributed by atoms with Gasteiger partial charge >= 0.3 is 0 Å². The van der Waals surface area contributed by atoms with Gasteiger partial charge in [0.25, 0.3) is 0 Å². The molecule has 0 aromatic heterocycles. The largest absolute Gasteiger partial charge is 0.312 e. The van der Waals surface area contributed by atoms with E-state index in [4.69, 9.17) is 5.14 Å². The van der Waals surface area contributed by atoms with Crippen molar-refractivity contribution >= 4 is 37.5 Å². The van der Waals surface area contributed by atoms with Crippen LogP contribution in [0.2, 0.25) is 0 Å². The van der Waals surface area contributed by atoms with Gasteiger partial charge in [0.2, 0.25) is 15.9 Å². The van der Waals surface area contributed by atoms with Crippen molar-refractivity contribution in [2.24, 2.45) is 5.14 Å².